The third-order valence-electron chi connectivity index (χ3n) is 3.62. The molecule has 2 heterocycles. The Labute approximate surface area is 121 Å². The molecule has 108 valence electrons. The molecule has 6 heteroatoms. The number of nitrogens with zero attached hydrogens (tertiary/aromatic N) is 2. The Kier molecular flexibility index (Phi) is 3.01. The molecule has 1 aromatic heterocycles. The van der Waals surface area contributed by atoms with Gasteiger partial charge in [-0.1, -0.05) is 35.5 Å². The first-order valence-electron chi connectivity index (χ1n) is 6.62. The molecule has 1 unspecified atom stereocenters. The van der Waals surface area contributed by atoms with Gasteiger partial charge in [-0.25, -0.2) is 4.79 Å². The number of rotatable bonds is 3. The summed E-state index contributed by atoms with van der Waals surface area (Å²) in [4.78, 5) is 25.9. The van der Waals surface area contributed by atoms with Gasteiger partial charge < -0.3 is 9.84 Å². The fourth-order valence-electron chi connectivity index (χ4n) is 2.46. The smallest absolute Gasteiger partial charge is 0.325 e. The number of imide groups is 1. The van der Waals surface area contributed by atoms with Gasteiger partial charge in [-0.05, 0) is 19.4 Å². The normalized spacial score (nSPS) is 21.7. The number of hydrogen-bond acceptors (Lipinski definition) is 4. The molecule has 3 rings (SSSR count). The lowest BCUT2D eigenvalue weighted by atomic mass is 9.92. The van der Waals surface area contributed by atoms with Crippen molar-refractivity contribution in [3.63, 3.8) is 0 Å². The van der Waals surface area contributed by atoms with E-state index >= 15 is 0 Å². The lowest BCUT2D eigenvalue weighted by molar-refractivity contribution is -0.131. The Balaban J connectivity index is 1.88. The molecule has 6 nitrogen and oxygen atoms in total. The lowest BCUT2D eigenvalue weighted by Crippen LogP contribution is -2.40. The van der Waals surface area contributed by atoms with Gasteiger partial charge in [-0.15, -0.1) is 0 Å². The highest BCUT2D eigenvalue weighted by Gasteiger charge is 2.49. The quantitative estimate of drug-likeness (QED) is 0.875. The van der Waals surface area contributed by atoms with Gasteiger partial charge in [0.15, 0.2) is 0 Å². The standard InChI is InChI=1S/C15H15N3O3/c1-10-8-12(17-21-10)9-18-13(19)15(2,16-14(18)20)11-6-4-3-5-7-11/h3-8H,9H2,1-2H3,(H,16,20). The van der Waals surface area contributed by atoms with E-state index in [1.807, 2.05) is 30.3 Å². The van der Waals surface area contributed by atoms with Crippen molar-refractivity contribution < 1.29 is 14.1 Å². The molecule has 0 aliphatic carbocycles. The number of hydrogen-bond donors (Lipinski definition) is 1. The van der Waals surface area contributed by atoms with Crippen LogP contribution in [0.25, 0.3) is 0 Å². The molecule has 1 saturated heterocycles. The Morgan fingerprint density at radius 1 is 1.29 bits per heavy atom. The maximum atomic E-state index is 12.6. The van der Waals surface area contributed by atoms with Gasteiger partial charge in [0, 0.05) is 6.07 Å². The van der Waals surface area contributed by atoms with Crippen molar-refractivity contribution in [2.45, 2.75) is 25.9 Å². The molecule has 1 fully saturated rings. The number of nitrogens with one attached hydrogen (secondary N) is 1. The fourth-order valence-corrected chi connectivity index (χ4v) is 2.46. The van der Waals surface area contributed by atoms with Crippen LogP contribution in [0.3, 0.4) is 0 Å². The summed E-state index contributed by atoms with van der Waals surface area (Å²) in [6.07, 6.45) is 0. The van der Waals surface area contributed by atoms with Crippen molar-refractivity contribution in [1.82, 2.24) is 15.4 Å². The van der Waals surface area contributed by atoms with Gasteiger partial charge in [-0.2, -0.15) is 0 Å². The molecule has 21 heavy (non-hydrogen) atoms. The highest BCUT2D eigenvalue weighted by Crippen LogP contribution is 2.29. The minimum absolute atomic E-state index is 0.102. The first kappa shape index (κ1) is 13.4. The molecule has 3 amide bonds. The maximum Gasteiger partial charge on any atom is 0.325 e. The van der Waals surface area contributed by atoms with Crippen LogP contribution in [-0.4, -0.2) is 22.0 Å². The van der Waals surface area contributed by atoms with E-state index in [1.54, 1.807) is 19.9 Å². The van der Waals surface area contributed by atoms with E-state index in [-0.39, 0.29) is 12.5 Å². The average Bonchev–Trinajstić information content (AvgIpc) is 2.98. The number of amides is 3. The number of aromatic nitrogens is 1. The largest absolute Gasteiger partial charge is 0.361 e. The predicted molar refractivity (Wildman–Crippen MR) is 74.1 cm³/mol. The second-order valence-corrected chi connectivity index (χ2v) is 5.24. The van der Waals surface area contributed by atoms with Crippen molar-refractivity contribution in [3.05, 3.63) is 53.4 Å². The molecule has 0 saturated carbocycles. The second-order valence-electron chi connectivity index (χ2n) is 5.24. The van der Waals surface area contributed by atoms with E-state index in [2.05, 4.69) is 10.5 Å². The molecule has 1 atom stereocenters. The van der Waals surface area contributed by atoms with Crippen LogP contribution in [0.15, 0.2) is 40.9 Å². The van der Waals surface area contributed by atoms with E-state index in [0.717, 1.165) is 10.5 Å². The Morgan fingerprint density at radius 2 is 2.00 bits per heavy atom. The van der Waals surface area contributed by atoms with Crippen LogP contribution in [-0.2, 0) is 16.9 Å². The summed E-state index contributed by atoms with van der Waals surface area (Å²) in [5, 5.41) is 6.57. The number of urea groups is 1. The van der Waals surface area contributed by atoms with E-state index in [1.165, 1.54) is 0 Å². The van der Waals surface area contributed by atoms with Crippen LogP contribution in [0.1, 0.15) is 23.9 Å². The zero-order chi connectivity index (χ0) is 15.0. The molecular formula is C15H15N3O3. The monoisotopic (exact) mass is 285 g/mol. The van der Waals surface area contributed by atoms with Crippen molar-refractivity contribution in [2.24, 2.45) is 0 Å². The van der Waals surface area contributed by atoms with Crippen molar-refractivity contribution in [3.8, 4) is 0 Å². The van der Waals surface area contributed by atoms with Gasteiger partial charge in [0.05, 0.1) is 6.54 Å². The van der Waals surface area contributed by atoms with Gasteiger partial charge in [0.2, 0.25) is 0 Å². The topological polar surface area (TPSA) is 75.4 Å². The highest BCUT2D eigenvalue weighted by atomic mass is 16.5. The maximum absolute atomic E-state index is 12.6. The van der Waals surface area contributed by atoms with E-state index in [0.29, 0.717) is 11.5 Å². The Morgan fingerprint density at radius 3 is 2.62 bits per heavy atom. The van der Waals surface area contributed by atoms with Crippen molar-refractivity contribution >= 4 is 11.9 Å². The second kappa shape index (κ2) is 4.73. The summed E-state index contributed by atoms with van der Waals surface area (Å²) in [5.41, 5.74) is 0.257. The highest BCUT2D eigenvalue weighted by molar-refractivity contribution is 6.07. The third kappa shape index (κ3) is 2.18. The minimum Gasteiger partial charge on any atom is -0.361 e. The summed E-state index contributed by atoms with van der Waals surface area (Å²) in [6, 6.07) is 10.5. The molecule has 1 N–H and O–H groups in total. The van der Waals surface area contributed by atoms with Crippen molar-refractivity contribution in [2.75, 3.05) is 0 Å². The summed E-state index contributed by atoms with van der Waals surface area (Å²) < 4.78 is 4.96. The minimum atomic E-state index is -1.04. The number of carbonyl (C=O) groups is 2. The third-order valence-corrected chi connectivity index (χ3v) is 3.62. The molecule has 1 aromatic carbocycles. The van der Waals surface area contributed by atoms with E-state index in [4.69, 9.17) is 4.52 Å². The van der Waals surface area contributed by atoms with Crippen LogP contribution in [0.2, 0.25) is 0 Å². The summed E-state index contributed by atoms with van der Waals surface area (Å²) in [7, 11) is 0. The number of carbonyl (C=O) groups excluding carboxylic acids is 2. The summed E-state index contributed by atoms with van der Waals surface area (Å²) in [5.74, 6) is 0.349. The molecule has 1 aliphatic heterocycles. The summed E-state index contributed by atoms with van der Waals surface area (Å²) >= 11 is 0. The molecule has 1 aliphatic rings. The number of aryl methyl sites for hydroxylation is 1. The van der Waals surface area contributed by atoms with Gasteiger partial charge in [-0.3, -0.25) is 9.69 Å². The molecule has 2 aromatic rings. The van der Waals surface area contributed by atoms with Crippen molar-refractivity contribution in [1.29, 1.82) is 0 Å². The van der Waals surface area contributed by atoms with Gasteiger partial charge in [0.1, 0.15) is 17.0 Å². The zero-order valence-corrected chi connectivity index (χ0v) is 11.8. The molecule has 0 radical (unpaired) electrons. The first-order valence-corrected chi connectivity index (χ1v) is 6.62. The zero-order valence-electron chi connectivity index (χ0n) is 11.8. The predicted octanol–water partition coefficient (Wildman–Crippen LogP) is 1.95. The van der Waals surface area contributed by atoms with Gasteiger partial charge in [0.25, 0.3) is 5.91 Å². The molecule has 0 bridgehead atoms. The molecular weight excluding hydrogens is 270 g/mol. The van der Waals surface area contributed by atoms with Crippen LogP contribution in [0.5, 0.6) is 0 Å². The van der Waals surface area contributed by atoms with Crippen LogP contribution < -0.4 is 5.32 Å². The Bertz CT molecular complexity index is 695. The van der Waals surface area contributed by atoms with Crippen LogP contribution in [0, 0.1) is 6.92 Å². The van der Waals surface area contributed by atoms with Gasteiger partial charge >= 0.3 is 6.03 Å². The van der Waals surface area contributed by atoms with E-state index < -0.39 is 11.6 Å². The lowest BCUT2D eigenvalue weighted by Gasteiger charge is -2.21. The fraction of sp³-hybridized carbons (Fsp3) is 0.267. The Hall–Kier alpha value is -2.63. The molecule has 0 spiro atoms. The van der Waals surface area contributed by atoms with Crippen LogP contribution in [0.4, 0.5) is 4.79 Å². The summed E-state index contributed by atoms with van der Waals surface area (Å²) in [6.45, 7) is 3.57. The first-order chi connectivity index (χ1) is 10.0. The SMILES string of the molecule is Cc1cc(CN2C(=O)NC(C)(c3ccccc3)C2=O)no1. The average molecular weight is 285 g/mol. The van der Waals surface area contributed by atoms with E-state index in [9.17, 15) is 9.59 Å². The van der Waals surface area contributed by atoms with Crippen LogP contribution >= 0.6 is 0 Å². The number of benzene rings is 1.